The third kappa shape index (κ3) is 2.88. The Kier molecular flexibility index (Phi) is 5.73. The van der Waals surface area contributed by atoms with Crippen molar-refractivity contribution in [3.05, 3.63) is 35.5 Å². The topological polar surface area (TPSA) is 22.1 Å². The monoisotopic (exact) mass is 265 g/mol. The van der Waals surface area contributed by atoms with Crippen molar-refractivity contribution in [3.8, 4) is 5.75 Å². The highest BCUT2D eigenvalue weighted by Crippen LogP contribution is 2.26. The summed E-state index contributed by atoms with van der Waals surface area (Å²) in [5.41, 5.74) is 0.854. The number of pyridine rings is 1. The Labute approximate surface area is 105 Å². The van der Waals surface area contributed by atoms with E-state index in [9.17, 15) is 0 Å². The van der Waals surface area contributed by atoms with Crippen LogP contribution in [0.1, 0.15) is 0 Å². The molecule has 15 heavy (non-hydrogen) atoms. The maximum absolute atomic E-state index is 5.81. The number of para-hydroxylation sites is 1. The fraction of sp³-hybridized carbons (Fsp3) is 0.100. The fourth-order valence-electron chi connectivity index (χ4n) is 1.28. The Bertz CT molecular complexity index is 448. The first-order valence-electron chi connectivity index (χ1n) is 3.90. The summed E-state index contributed by atoms with van der Waals surface area (Å²) in [6.45, 7) is 0. The Balaban J connectivity index is 0.000000980. The van der Waals surface area contributed by atoms with Crippen LogP contribution >= 0.6 is 36.4 Å². The van der Waals surface area contributed by atoms with Gasteiger partial charge in [0.15, 0.2) is 0 Å². The summed E-state index contributed by atoms with van der Waals surface area (Å²) in [5.74, 6) is 0.760. The lowest BCUT2D eigenvalue weighted by Gasteiger charge is -2.04. The van der Waals surface area contributed by atoms with Gasteiger partial charge in [0.05, 0.1) is 12.6 Å². The summed E-state index contributed by atoms with van der Waals surface area (Å²) in [6.07, 6.45) is 0. The van der Waals surface area contributed by atoms with Gasteiger partial charge in [-0.3, -0.25) is 0 Å². The molecule has 2 aromatic rings. The molecule has 1 heterocycles. The van der Waals surface area contributed by atoms with Crippen molar-refractivity contribution < 1.29 is 4.74 Å². The van der Waals surface area contributed by atoms with Crippen molar-refractivity contribution in [2.45, 2.75) is 0 Å². The Morgan fingerprint density at radius 2 is 1.87 bits per heavy atom. The van der Waals surface area contributed by atoms with Crippen LogP contribution in [0, 0.1) is 0 Å². The van der Waals surface area contributed by atoms with Gasteiger partial charge in [-0.2, -0.15) is 0 Å². The lowest BCUT2D eigenvalue weighted by molar-refractivity contribution is 0.419. The average molecular weight is 267 g/mol. The second-order valence-corrected chi connectivity index (χ2v) is 3.05. The van der Waals surface area contributed by atoms with Crippen LogP contribution in [0.4, 0.5) is 0 Å². The molecule has 0 amide bonds. The summed E-state index contributed by atoms with van der Waals surface area (Å²) in [6, 6.07) is 9.44. The van der Waals surface area contributed by atoms with E-state index in [0.29, 0.717) is 5.15 Å². The number of fused-ring (bicyclic) bond motifs is 1. The van der Waals surface area contributed by atoms with Gasteiger partial charge in [-0.1, -0.05) is 23.7 Å². The molecule has 0 saturated carbocycles. The van der Waals surface area contributed by atoms with E-state index in [0.717, 1.165) is 16.7 Å². The smallest absolute Gasteiger partial charge is 0.133 e. The average Bonchev–Trinajstić information content (AvgIpc) is 2.16. The lowest BCUT2D eigenvalue weighted by atomic mass is 10.2. The van der Waals surface area contributed by atoms with Crippen LogP contribution in [0.15, 0.2) is 30.3 Å². The number of nitrogens with zero attached hydrogens (tertiary/aromatic N) is 1. The number of methoxy groups -OCH3 is 1. The number of halogens is 3. The van der Waals surface area contributed by atoms with E-state index in [1.54, 1.807) is 13.2 Å². The number of hydrogen-bond acceptors (Lipinski definition) is 2. The minimum atomic E-state index is 0. The Morgan fingerprint density at radius 3 is 2.53 bits per heavy atom. The highest BCUT2D eigenvalue weighted by atomic mass is 35.5. The predicted molar refractivity (Wildman–Crippen MR) is 67.8 cm³/mol. The minimum Gasteiger partial charge on any atom is -0.496 e. The first-order valence-corrected chi connectivity index (χ1v) is 4.28. The number of ether oxygens (including phenoxy) is 1. The number of aromatic nitrogens is 1. The molecular weight excluding hydrogens is 256 g/mol. The van der Waals surface area contributed by atoms with Crippen molar-refractivity contribution >= 4 is 47.3 Å². The molecule has 0 radical (unpaired) electrons. The fourth-order valence-corrected chi connectivity index (χ4v) is 1.47. The van der Waals surface area contributed by atoms with E-state index in [1.165, 1.54) is 0 Å². The Hall–Kier alpha value is -0.700. The molecule has 0 saturated heterocycles. The summed E-state index contributed by atoms with van der Waals surface area (Å²) in [4.78, 5) is 4.17. The summed E-state index contributed by atoms with van der Waals surface area (Å²) in [7, 11) is 1.62. The zero-order chi connectivity index (χ0) is 9.26. The van der Waals surface area contributed by atoms with Gasteiger partial charge in [-0.25, -0.2) is 4.98 Å². The van der Waals surface area contributed by atoms with Crippen LogP contribution in [-0.4, -0.2) is 12.1 Å². The van der Waals surface area contributed by atoms with Crippen LogP contribution < -0.4 is 4.74 Å². The van der Waals surface area contributed by atoms with Crippen molar-refractivity contribution in [1.29, 1.82) is 0 Å². The first kappa shape index (κ1) is 14.3. The lowest BCUT2D eigenvalue weighted by Crippen LogP contribution is -1.87. The second-order valence-electron chi connectivity index (χ2n) is 2.66. The van der Waals surface area contributed by atoms with Gasteiger partial charge in [0.1, 0.15) is 10.9 Å². The van der Waals surface area contributed by atoms with Crippen LogP contribution in [-0.2, 0) is 0 Å². The third-order valence-electron chi connectivity index (χ3n) is 1.87. The van der Waals surface area contributed by atoms with Gasteiger partial charge in [0.25, 0.3) is 0 Å². The highest BCUT2D eigenvalue weighted by Gasteiger charge is 2.02. The highest BCUT2D eigenvalue weighted by molar-refractivity contribution is 6.30. The molecule has 2 nitrogen and oxygen atoms in total. The largest absolute Gasteiger partial charge is 0.496 e. The maximum atomic E-state index is 5.81. The molecule has 0 spiro atoms. The zero-order valence-corrected chi connectivity index (χ0v) is 10.3. The van der Waals surface area contributed by atoms with Crippen molar-refractivity contribution in [3.63, 3.8) is 0 Å². The molecule has 5 heteroatoms. The van der Waals surface area contributed by atoms with Crippen LogP contribution in [0.25, 0.3) is 10.9 Å². The normalized spacial score (nSPS) is 8.93. The maximum Gasteiger partial charge on any atom is 0.133 e. The molecule has 0 atom stereocenters. The third-order valence-corrected chi connectivity index (χ3v) is 2.06. The molecule has 0 unspecified atom stereocenters. The van der Waals surface area contributed by atoms with Crippen LogP contribution in [0.2, 0.25) is 5.15 Å². The van der Waals surface area contributed by atoms with Crippen molar-refractivity contribution in [2.75, 3.05) is 7.11 Å². The molecule has 82 valence electrons. The number of hydrogen-bond donors (Lipinski definition) is 0. The van der Waals surface area contributed by atoms with Crippen LogP contribution in [0.3, 0.4) is 0 Å². The summed E-state index contributed by atoms with van der Waals surface area (Å²) >= 11 is 5.81. The van der Waals surface area contributed by atoms with Gasteiger partial charge in [0, 0.05) is 11.5 Å². The van der Waals surface area contributed by atoms with E-state index < -0.39 is 0 Å². The van der Waals surface area contributed by atoms with Gasteiger partial charge >= 0.3 is 0 Å². The van der Waals surface area contributed by atoms with Gasteiger partial charge in [-0.15, -0.1) is 24.8 Å². The number of rotatable bonds is 1. The van der Waals surface area contributed by atoms with Crippen molar-refractivity contribution in [1.82, 2.24) is 4.98 Å². The van der Waals surface area contributed by atoms with E-state index >= 15 is 0 Å². The Morgan fingerprint density at radius 1 is 1.20 bits per heavy atom. The molecular formula is C10H10Cl3NO. The van der Waals surface area contributed by atoms with Gasteiger partial charge < -0.3 is 4.74 Å². The van der Waals surface area contributed by atoms with Gasteiger partial charge in [-0.05, 0) is 12.1 Å². The predicted octanol–water partition coefficient (Wildman–Crippen LogP) is 3.74. The zero-order valence-electron chi connectivity index (χ0n) is 7.94. The van der Waals surface area contributed by atoms with E-state index in [4.69, 9.17) is 16.3 Å². The van der Waals surface area contributed by atoms with E-state index in [2.05, 4.69) is 4.98 Å². The SMILES string of the molecule is COc1cc(Cl)nc2ccccc12.Cl.Cl. The number of benzene rings is 1. The molecule has 0 aliphatic carbocycles. The first-order chi connectivity index (χ1) is 6.31. The summed E-state index contributed by atoms with van der Waals surface area (Å²) < 4.78 is 5.18. The molecule has 2 rings (SSSR count). The quantitative estimate of drug-likeness (QED) is 0.734. The second kappa shape index (κ2) is 6.01. The molecule has 1 aromatic heterocycles. The molecule has 0 aliphatic rings. The molecule has 0 aliphatic heterocycles. The van der Waals surface area contributed by atoms with E-state index in [1.807, 2.05) is 24.3 Å². The van der Waals surface area contributed by atoms with E-state index in [-0.39, 0.29) is 24.8 Å². The van der Waals surface area contributed by atoms with Crippen molar-refractivity contribution in [2.24, 2.45) is 0 Å². The standard InChI is InChI=1S/C10H8ClNO.2ClH/c1-13-9-6-10(11)12-8-5-3-2-4-7(8)9;;/h2-6H,1H3;2*1H. The molecule has 0 bridgehead atoms. The summed E-state index contributed by atoms with van der Waals surface area (Å²) in [5, 5.41) is 1.44. The van der Waals surface area contributed by atoms with Crippen LogP contribution in [0.5, 0.6) is 5.75 Å². The molecule has 0 fully saturated rings. The minimum absolute atomic E-state index is 0. The molecule has 0 N–H and O–H groups in total. The van der Waals surface area contributed by atoms with Gasteiger partial charge in [0.2, 0.25) is 0 Å². The molecule has 1 aromatic carbocycles.